The largest absolute Gasteiger partial charge is 0.455 e. The monoisotopic (exact) mass is 410 g/mol. The van der Waals surface area contributed by atoms with Crippen LogP contribution in [0.15, 0.2) is 101 Å². The molecule has 32 heavy (non-hydrogen) atoms. The Bertz CT molecular complexity index is 1690. The van der Waals surface area contributed by atoms with Crippen molar-refractivity contribution in [2.75, 3.05) is 0 Å². The van der Waals surface area contributed by atoms with Gasteiger partial charge >= 0.3 is 0 Å². The van der Waals surface area contributed by atoms with Gasteiger partial charge in [0.1, 0.15) is 11.2 Å². The summed E-state index contributed by atoms with van der Waals surface area (Å²) in [7, 11) is 0. The fourth-order valence-corrected chi connectivity index (χ4v) is 5.66. The Morgan fingerprint density at radius 3 is 2.16 bits per heavy atom. The van der Waals surface area contributed by atoms with Gasteiger partial charge < -0.3 is 4.42 Å². The highest BCUT2D eigenvalue weighted by molar-refractivity contribution is 6.13. The lowest BCUT2D eigenvalue weighted by Gasteiger charge is -2.21. The molecule has 0 aliphatic heterocycles. The van der Waals surface area contributed by atoms with Crippen molar-refractivity contribution in [1.29, 1.82) is 0 Å². The van der Waals surface area contributed by atoms with Gasteiger partial charge in [-0.1, -0.05) is 98.8 Å². The first-order chi connectivity index (χ1) is 15.6. The molecule has 7 rings (SSSR count). The van der Waals surface area contributed by atoms with E-state index in [1.54, 1.807) is 0 Å². The Balaban J connectivity index is 1.55. The van der Waals surface area contributed by atoms with Gasteiger partial charge in [0.05, 0.1) is 0 Å². The lowest BCUT2D eigenvalue weighted by atomic mass is 9.82. The van der Waals surface area contributed by atoms with Crippen LogP contribution in [0.4, 0.5) is 0 Å². The van der Waals surface area contributed by atoms with E-state index in [9.17, 15) is 0 Å². The molecule has 0 saturated heterocycles. The molecular formula is C31H22O. The second kappa shape index (κ2) is 6.11. The number of hydrogen-bond donors (Lipinski definition) is 0. The highest BCUT2D eigenvalue weighted by atomic mass is 16.3. The molecule has 0 spiro atoms. The van der Waals surface area contributed by atoms with Crippen LogP contribution in [0.25, 0.3) is 55.0 Å². The molecule has 1 aliphatic rings. The third kappa shape index (κ3) is 2.23. The van der Waals surface area contributed by atoms with Gasteiger partial charge in [0.25, 0.3) is 0 Å². The topological polar surface area (TPSA) is 13.1 Å². The van der Waals surface area contributed by atoms with Gasteiger partial charge in [-0.2, -0.15) is 0 Å². The molecule has 0 atom stereocenters. The molecule has 0 N–H and O–H groups in total. The summed E-state index contributed by atoms with van der Waals surface area (Å²) in [6.45, 7) is 4.63. The third-order valence-corrected chi connectivity index (χ3v) is 7.28. The first-order valence-corrected chi connectivity index (χ1v) is 11.2. The first-order valence-electron chi connectivity index (χ1n) is 11.2. The maximum Gasteiger partial charge on any atom is 0.143 e. The van der Waals surface area contributed by atoms with Crippen molar-refractivity contribution in [3.05, 3.63) is 108 Å². The smallest absolute Gasteiger partial charge is 0.143 e. The van der Waals surface area contributed by atoms with E-state index in [0.717, 1.165) is 16.7 Å². The van der Waals surface area contributed by atoms with Gasteiger partial charge in [0, 0.05) is 21.8 Å². The maximum atomic E-state index is 6.60. The van der Waals surface area contributed by atoms with Gasteiger partial charge in [-0.25, -0.2) is 0 Å². The molecule has 1 nitrogen and oxygen atoms in total. The predicted octanol–water partition coefficient (Wildman–Crippen LogP) is 8.71. The molecule has 1 heterocycles. The van der Waals surface area contributed by atoms with E-state index in [-0.39, 0.29) is 5.41 Å². The summed E-state index contributed by atoms with van der Waals surface area (Å²) in [6, 6.07) is 35.0. The minimum Gasteiger partial charge on any atom is -0.455 e. The van der Waals surface area contributed by atoms with E-state index in [1.165, 1.54) is 49.4 Å². The van der Waals surface area contributed by atoms with Crippen LogP contribution in [-0.2, 0) is 5.41 Å². The zero-order valence-corrected chi connectivity index (χ0v) is 18.1. The maximum absolute atomic E-state index is 6.60. The third-order valence-electron chi connectivity index (χ3n) is 7.28. The van der Waals surface area contributed by atoms with E-state index >= 15 is 0 Å². The van der Waals surface area contributed by atoms with E-state index < -0.39 is 0 Å². The Morgan fingerprint density at radius 2 is 1.22 bits per heavy atom. The van der Waals surface area contributed by atoms with E-state index in [1.807, 2.05) is 0 Å². The van der Waals surface area contributed by atoms with Crippen LogP contribution >= 0.6 is 0 Å². The molecule has 0 saturated carbocycles. The Hall–Kier alpha value is -3.84. The van der Waals surface area contributed by atoms with Crippen LogP contribution in [0.5, 0.6) is 0 Å². The average molecular weight is 411 g/mol. The van der Waals surface area contributed by atoms with E-state index in [2.05, 4.69) is 111 Å². The Kier molecular flexibility index (Phi) is 3.40. The highest BCUT2D eigenvalue weighted by Crippen LogP contribution is 2.51. The number of fused-ring (bicyclic) bond motifs is 7. The van der Waals surface area contributed by atoms with E-state index in [0.29, 0.717) is 0 Å². The quantitative estimate of drug-likeness (QED) is 0.264. The number of benzene rings is 5. The van der Waals surface area contributed by atoms with Gasteiger partial charge in [0.2, 0.25) is 0 Å². The number of furan rings is 1. The molecule has 0 radical (unpaired) electrons. The predicted molar refractivity (Wildman–Crippen MR) is 134 cm³/mol. The lowest BCUT2D eigenvalue weighted by molar-refractivity contribution is 0.648. The van der Waals surface area contributed by atoms with Crippen molar-refractivity contribution in [3.8, 4) is 22.3 Å². The normalized spacial score (nSPS) is 14.2. The van der Waals surface area contributed by atoms with Crippen molar-refractivity contribution < 1.29 is 4.42 Å². The summed E-state index contributed by atoms with van der Waals surface area (Å²) >= 11 is 0. The molecule has 5 aromatic carbocycles. The van der Waals surface area contributed by atoms with Crippen LogP contribution in [0.3, 0.4) is 0 Å². The van der Waals surface area contributed by atoms with Gasteiger partial charge in [-0.05, 0) is 50.7 Å². The number of hydrogen-bond acceptors (Lipinski definition) is 1. The minimum absolute atomic E-state index is 0.0302. The molecular weight excluding hydrogens is 388 g/mol. The molecule has 152 valence electrons. The lowest BCUT2D eigenvalue weighted by Crippen LogP contribution is -2.14. The van der Waals surface area contributed by atoms with Gasteiger partial charge in [0.15, 0.2) is 0 Å². The molecule has 0 unspecified atom stereocenters. The Morgan fingerprint density at radius 1 is 0.531 bits per heavy atom. The summed E-state index contributed by atoms with van der Waals surface area (Å²) in [5.74, 6) is 0. The van der Waals surface area contributed by atoms with Crippen LogP contribution < -0.4 is 0 Å². The van der Waals surface area contributed by atoms with Crippen LogP contribution in [-0.4, -0.2) is 0 Å². The molecule has 1 heteroatoms. The average Bonchev–Trinajstić information content (AvgIpc) is 3.30. The summed E-state index contributed by atoms with van der Waals surface area (Å²) in [5.41, 5.74) is 9.67. The zero-order valence-electron chi connectivity index (χ0n) is 18.1. The summed E-state index contributed by atoms with van der Waals surface area (Å²) in [4.78, 5) is 0. The number of para-hydroxylation sites is 1. The SMILES string of the molecule is CC1(C)c2ccccc2-c2cc3c(cc21)oc1c(-c2cccc4ccccc24)cccc13. The fourth-order valence-electron chi connectivity index (χ4n) is 5.66. The van der Waals surface area contributed by atoms with Crippen LogP contribution in [0, 0.1) is 0 Å². The molecule has 0 amide bonds. The van der Waals surface area contributed by atoms with Gasteiger partial charge in [-0.3, -0.25) is 0 Å². The standard InChI is InChI=1S/C31H22O/c1-31(2)27-16-6-5-12-22(27)25-17-26-24-15-8-14-23(30(24)32-29(26)18-28(25)31)21-13-7-10-19-9-3-4-11-20(19)21/h3-18H,1-2H3. The zero-order chi connectivity index (χ0) is 21.4. The second-order valence-electron chi connectivity index (χ2n) is 9.38. The van der Waals surface area contributed by atoms with Crippen LogP contribution in [0.1, 0.15) is 25.0 Å². The van der Waals surface area contributed by atoms with Crippen LogP contribution in [0.2, 0.25) is 0 Å². The Labute approximate surface area is 186 Å². The fraction of sp³-hybridized carbons (Fsp3) is 0.0968. The van der Waals surface area contributed by atoms with Crippen molar-refractivity contribution >= 4 is 32.7 Å². The summed E-state index contributed by atoms with van der Waals surface area (Å²) in [5, 5.41) is 4.86. The van der Waals surface area contributed by atoms with Crippen molar-refractivity contribution in [2.45, 2.75) is 19.3 Å². The summed E-state index contributed by atoms with van der Waals surface area (Å²) in [6.07, 6.45) is 0. The molecule has 1 aliphatic carbocycles. The van der Waals surface area contributed by atoms with E-state index in [4.69, 9.17) is 4.42 Å². The highest BCUT2D eigenvalue weighted by Gasteiger charge is 2.36. The minimum atomic E-state index is -0.0302. The second-order valence-corrected chi connectivity index (χ2v) is 9.38. The summed E-state index contributed by atoms with van der Waals surface area (Å²) < 4.78 is 6.60. The van der Waals surface area contributed by atoms with Crippen molar-refractivity contribution in [1.82, 2.24) is 0 Å². The van der Waals surface area contributed by atoms with Crippen molar-refractivity contribution in [3.63, 3.8) is 0 Å². The van der Waals surface area contributed by atoms with Gasteiger partial charge in [-0.15, -0.1) is 0 Å². The molecule has 0 bridgehead atoms. The van der Waals surface area contributed by atoms with Crippen molar-refractivity contribution in [2.24, 2.45) is 0 Å². The number of rotatable bonds is 1. The molecule has 0 fully saturated rings. The molecule has 6 aromatic rings. The molecule has 1 aromatic heterocycles. The first kappa shape index (κ1) is 17.8.